The lowest BCUT2D eigenvalue weighted by Crippen LogP contribution is -2.24. The van der Waals surface area contributed by atoms with Crippen LogP contribution in [0.2, 0.25) is 0 Å². The quantitative estimate of drug-likeness (QED) is 0.124. The van der Waals surface area contributed by atoms with Gasteiger partial charge in [0.1, 0.15) is 0 Å². The predicted molar refractivity (Wildman–Crippen MR) is 173 cm³/mol. The lowest BCUT2D eigenvalue weighted by Gasteiger charge is -2.19. The number of anilines is 1. The molecule has 1 N–H and O–H groups in total. The fourth-order valence-electron chi connectivity index (χ4n) is 4.73. The first-order valence-electron chi connectivity index (χ1n) is 15.9. The van der Waals surface area contributed by atoms with Crippen LogP contribution in [0, 0.1) is 0 Å². The van der Waals surface area contributed by atoms with Crippen molar-refractivity contribution in [3.63, 3.8) is 0 Å². The minimum atomic E-state index is -0.0782. The van der Waals surface area contributed by atoms with Crippen molar-refractivity contribution < 1.29 is 9.47 Å². The van der Waals surface area contributed by atoms with Crippen molar-refractivity contribution in [2.45, 2.75) is 125 Å². The summed E-state index contributed by atoms with van der Waals surface area (Å²) >= 11 is 0. The van der Waals surface area contributed by atoms with Crippen molar-refractivity contribution in [2.75, 3.05) is 25.1 Å². The number of unbranched alkanes of at least 4 members (excludes halogenated alkanes) is 7. The molecular formula is C35H56N2O3. The van der Waals surface area contributed by atoms with E-state index in [-0.39, 0.29) is 5.56 Å². The highest BCUT2D eigenvalue weighted by atomic mass is 16.5. The van der Waals surface area contributed by atoms with Crippen molar-refractivity contribution in [1.82, 2.24) is 4.57 Å². The Hall–Kier alpha value is -2.69. The Kier molecular flexibility index (Phi) is 16.3. The molecule has 2 aromatic rings. The highest BCUT2D eigenvalue weighted by Crippen LogP contribution is 2.35. The summed E-state index contributed by atoms with van der Waals surface area (Å²) in [6.07, 6.45) is 17.7. The predicted octanol–water partition coefficient (Wildman–Crippen LogP) is 9.82. The van der Waals surface area contributed by atoms with E-state index < -0.39 is 0 Å². The molecule has 0 aliphatic rings. The zero-order valence-electron chi connectivity index (χ0n) is 26.4. The average molecular weight is 553 g/mol. The number of aromatic nitrogens is 1. The molecule has 0 amide bonds. The number of fused-ring (bicyclic) bond motifs is 1. The normalized spacial score (nSPS) is 11.6. The molecule has 1 aromatic carbocycles. The topological polar surface area (TPSA) is 52.5 Å². The maximum absolute atomic E-state index is 13.8. The van der Waals surface area contributed by atoms with E-state index in [1.165, 1.54) is 36.8 Å². The first kappa shape index (κ1) is 33.5. The van der Waals surface area contributed by atoms with Gasteiger partial charge >= 0.3 is 0 Å². The monoisotopic (exact) mass is 552 g/mol. The minimum Gasteiger partial charge on any atom is -0.489 e. The van der Waals surface area contributed by atoms with Gasteiger partial charge in [0.2, 0.25) is 5.75 Å². The largest absolute Gasteiger partial charge is 0.489 e. The van der Waals surface area contributed by atoms with Gasteiger partial charge in [-0.1, -0.05) is 89.0 Å². The Morgan fingerprint density at radius 1 is 0.825 bits per heavy atom. The van der Waals surface area contributed by atoms with Gasteiger partial charge < -0.3 is 19.4 Å². The van der Waals surface area contributed by atoms with E-state index in [0.29, 0.717) is 31.3 Å². The van der Waals surface area contributed by atoms with Gasteiger partial charge in [-0.3, -0.25) is 4.79 Å². The van der Waals surface area contributed by atoms with Gasteiger partial charge in [-0.2, -0.15) is 0 Å². The number of benzene rings is 1. The van der Waals surface area contributed by atoms with Crippen LogP contribution in [0.1, 0.15) is 119 Å². The SMILES string of the molecule is CCCCCCCCOc1c(OCCCC)c2ccc(NC/C=C(\C)CCC=C(C)C)cc2n(CCCC)c1=O. The molecule has 0 bridgehead atoms. The molecule has 2 rings (SSSR count). The molecule has 0 aliphatic heterocycles. The smallest absolute Gasteiger partial charge is 0.297 e. The number of pyridine rings is 1. The zero-order valence-corrected chi connectivity index (χ0v) is 26.4. The standard InChI is InChI=1S/C35H56N2O3/c1-7-10-13-14-15-16-26-40-34-33(39-25-12-9-3)31-21-20-30(27-32(31)37(35(34)38)24-11-8-2)36-23-22-29(6)19-17-18-28(4)5/h18,20-22,27,36H,7-17,19,23-26H2,1-6H3/b29-22+. The summed E-state index contributed by atoms with van der Waals surface area (Å²) in [6, 6.07) is 6.28. The van der Waals surface area contributed by atoms with E-state index in [2.05, 4.69) is 77.2 Å². The number of ether oxygens (including phenoxy) is 2. The third kappa shape index (κ3) is 11.4. The summed E-state index contributed by atoms with van der Waals surface area (Å²) in [4.78, 5) is 13.8. The number of allylic oxidation sites excluding steroid dienone is 3. The number of nitrogens with zero attached hydrogens (tertiary/aromatic N) is 1. The third-order valence-electron chi connectivity index (χ3n) is 7.25. The van der Waals surface area contributed by atoms with Gasteiger partial charge in [0.05, 0.1) is 18.7 Å². The first-order chi connectivity index (χ1) is 19.4. The maximum Gasteiger partial charge on any atom is 0.297 e. The number of hydrogen-bond donors (Lipinski definition) is 1. The van der Waals surface area contributed by atoms with Gasteiger partial charge in [-0.25, -0.2) is 0 Å². The Morgan fingerprint density at radius 2 is 1.50 bits per heavy atom. The van der Waals surface area contributed by atoms with Crippen LogP contribution in [0.15, 0.2) is 46.3 Å². The van der Waals surface area contributed by atoms with E-state index in [1.807, 2.05) is 4.57 Å². The Labute approximate surface area is 244 Å². The molecule has 5 nitrogen and oxygen atoms in total. The third-order valence-corrected chi connectivity index (χ3v) is 7.25. The lowest BCUT2D eigenvalue weighted by atomic mass is 10.1. The maximum atomic E-state index is 13.8. The average Bonchev–Trinajstić information content (AvgIpc) is 2.93. The Morgan fingerprint density at radius 3 is 2.23 bits per heavy atom. The van der Waals surface area contributed by atoms with Gasteiger partial charge in [-0.15, -0.1) is 0 Å². The zero-order chi connectivity index (χ0) is 29.2. The molecule has 0 fully saturated rings. The summed E-state index contributed by atoms with van der Waals surface area (Å²) in [5.41, 5.74) is 4.58. The van der Waals surface area contributed by atoms with Gasteiger partial charge in [0.25, 0.3) is 5.56 Å². The van der Waals surface area contributed by atoms with E-state index in [9.17, 15) is 4.79 Å². The van der Waals surface area contributed by atoms with E-state index >= 15 is 0 Å². The minimum absolute atomic E-state index is 0.0782. The van der Waals surface area contributed by atoms with E-state index in [0.717, 1.165) is 74.5 Å². The number of rotatable bonds is 21. The van der Waals surface area contributed by atoms with Gasteiger partial charge in [-0.05, 0) is 71.1 Å². The molecule has 224 valence electrons. The van der Waals surface area contributed by atoms with E-state index in [1.54, 1.807) is 0 Å². The molecule has 5 heteroatoms. The van der Waals surface area contributed by atoms with Crippen LogP contribution in [-0.4, -0.2) is 24.3 Å². The molecule has 40 heavy (non-hydrogen) atoms. The highest BCUT2D eigenvalue weighted by molar-refractivity contribution is 5.90. The summed E-state index contributed by atoms with van der Waals surface area (Å²) in [5.74, 6) is 0.984. The number of hydrogen-bond acceptors (Lipinski definition) is 4. The van der Waals surface area contributed by atoms with Crippen molar-refractivity contribution in [1.29, 1.82) is 0 Å². The molecule has 1 aromatic heterocycles. The Bertz CT molecular complexity index is 1130. The van der Waals surface area contributed by atoms with Crippen LogP contribution in [0.4, 0.5) is 5.69 Å². The van der Waals surface area contributed by atoms with Gasteiger partial charge in [0.15, 0.2) is 5.75 Å². The molecule has 0 spiro atoms. The van der Waals surface area contributed by atoms with Crippen molar-refractivity contribution >= 4 is 16.6 Å². The van der Waals surface area contributed by atoms with Crippen LogP contribution in [0.5, 0.6) is 11.5 Å². The Balaban J connectivity index is 2.33. The van der Waals surface area contributed by atoms with Crippen LogP contribution >= 0.6 is 0 Å². The van der Waals surface area contributed by atoms with Gasteiger partial charge in [0, 0.05) is 24.2 Å². The molecule has 0 radical (unpaired) electrons. The fourth-order valence-corrected chi connectivity index (χ4v) is 4.73. The first-order valence-corrected chi connectivity index (χ1v) is 15.9. The number of nitrogens with one attached hydrogen (secondary N) is 1. The highest BCUT2D eigenvalue weighted by Gasteiger charge is 2.20. The van der Waals surface area contributed by atoms with Crippen LogP contribution < -0.4 is 20.3 Å². The molecule has 0 atom stereocenters. The van der Waals surface area contributed by atoms with Crippen molar-refractivity contribution in [3.05, 3.63) is 51.9 Å². The van der Waals surface area contributed by atoms with Crippen LogP contribution in [0.25, 0.3) is 10.9 Å². The van der Waals surface area contributed by atoms with E-state index in [4.69, 9.17) is 9.47 Å². The lowest BCUT2D eigenvalue weighted by molar-refractivity contribution is 0.258. The van der Waals surface area contributed by atoms with Crippen LogP contribution in [-0.2, 0) is 6.54 Å². The summed E-state index contributed by atoms with van der Waals surface area (Å²) in [7, 11) is 0. The second-order valence-corrected chi connectivity index (χ2v) is 11.3. The number of aryl methyl sites for hydroxylation is 1. The molecule has 1 heterocycles. The van der Waals surface area contributed by atoms with Crippen molar-refractivity contribution in [3.8, 4) is 11.5 Å². The summed E-state index contributed by atoms with van der Waals surface area (Å²) in [5, 5.41) is 4.49. The van der Waals surface area contributed by atoms with Crippen molar-refractivity contribution in [2.24, 2.45) is 0 Å². The molecule has 0 saturated carbocycles. The summed E-state index contributed by atoms with van der Waals surface area (Å²) in [6.45, 7) is 15.6. The molecule has 0 saturated heterocycles. The second kappa shape index (κ2) is 19.4. The molecule has 0 aliphatic carbocycles. The molecular weight excluding hydrogens is 496 g/mol. The van der Waals surface area contributed by atoms with Crippen LogP contribution in [0.3, 0.4) is 0 Å². The fraction of sp³-hybridized carbons (Fsp3) is 0.629. The second-order valence-electron chi connectivity index (χ2n) is 11.3. The molecule has 0 unspecified atom stereocenters. The summed E-state index contributed by atoms with van der Waals surface area (Å²) < 4.78 is 14.4.